The summed E-state index contributed by atoms with van der Waals surface area (Å²) in [6, 6.07) is 17.2. The molecule has 0 unspecified atom stereocenters. The third-order valence-corrected chi connectivity index (χ3v) is 4.53. The molecule has 0 amide bonds. The largest absolute Gasteiger partial charge is 0.503 e. The Labute approximate surface area is 163 Å². The van der Waals surface area contributed by atoms with Crippen molar-refractivity contribution in [1.29, 1.82) is 0 Å². The summed E-state index contributed by atoms with van der Waals surface area (Å²) in [5.41, 5.74) is 2.12. The predicted molar refractivity (Wildman–Crippen MR) is 107 cm³/mol. The third kappa shape index (κ3) is 4.63. The molecular weight excluding hydrogens is 364 g/mol. The van der Waals surface area contributed by atoms with E-state index in [0.29, 0.717) is 18.9 Å². The summed E-state index contributed by atoms with van der Waals surface area (Å²) in [6.07, 6.45) is 1.59. The van der Waals surface area contributed by atoms with E-state index in [0.717, 1.165) is 22.6 Å². The molecule has 1 aromatic heterocycles. The number of anilines is 1. The van der Waals surface area contributed by atoms with E-state index in [9.17, 15) is 5.11 Å². The van der Waals surface area contributed by atoms with Gasteiger partial charge in [0.25, 0.3) is 0 Å². The lowest BCUT2D eigenvalue weighted by Crippen LogP contribution is -2.23. The number of methoxy groups -OCH3 is 2. The van der Waals surface area contributed by atoms with Crippen LogP contribution in [0.2, 0.25) is 5.02 Å². The Morgan fingerprint density at radius 3 is 1.78 bits per heavy atom. The number of aromatic nitrogens is 1. The van der Waals surface area contributed by atoms with Crippen molar-refractivity contribution >= 4 is 17.4 Å². The molecule has 3 aromatic rings. The second kappa shape index (κ2) is 8.64. The van der Waals surface area contributed by atoms with Crippen molar-refractivity contribution in [2.45, 2.75) is 13.1 Å². The highest BCUT2D eigenvalue weighted by molar-refractivity contribution is 6.32. The van der Waals surface area contributed by atoms with Crippen molar-refractivity contribution in [1.82, 2.24) is 4.98 Å². The fourth-order valence-corrected chi connectivity index (χ4v) is 2.90. The van der Waals surface area contributed by atoms with Gasteiger partial charge >= 0.3 is 0 Å². The minimum atomic E-state index is -0.0267. The van der Waals surface area contributed by atoms with Gasteiger partial charge in [-0.2, -0.15) is 0 Å². The first-order valence-corrected chi connectivity index (χ1v) is 8.83. The number of hydrogen-bond donors (Lipinski definition) is 1. The number of hydrogen-bond acceptors (Lipinski definition) is 5. The molecule has 1 heterocycles. The number of rotatable bonds is 7. The van der Waals surface area contributed by atoms with Crippen LogP contribution in [-0.4, -0.2) is 24.3 Å². The van der Waals surface area contributed by atoms with Crippen molar-refractivity contribution < 1.29 is 14.6 Å². The van der Waals surface area contributed by atoms with Gasteiger partial charge in [-0.1, -0.05) is 35.9 Å². The molecule has 0 aliphatic heterocycles. The van der Waals surface area contributed by atoms with E-state index in [2.05, 4.69) is 4.98 Å². The van der Waals surface area contributed by atoms with Gasteiger partial charge in [0.2, 0.25) is 0 Å². The topological polar surface area (TPSA) is 54.8 Å². The van der Waals surface area contributed by atoms with E-state index in [-0.39, 0.29) is 10.8 Å². The van der Waals surface area contributed by atoms with Crippen molar-refractivity contribution in [2.75, 3.05) is 19.1 Å². The van der Waals surface area contributed by atoms with E-state index in [1.807, 2.05) is 53.4 Å². The van der Waals surface area contributed by atoms with E-state index in [1.54, 1.807) is 26.5 Å². The SMILES string of the molecule is COc1ccc(CN(Cc2ccc(OC)cc2)c2nccc(Cl)c2O)cc1. The quantitative estimate of drug-likeness (QED) is 0.641. The molecule has 0 saturated heterocycles. The smallest absolute Gasteiger partial charge is 0.177 e. The van der Waals surface area contributed by atoms with Crippen LogP contribution in [0.25, 0.3) is 0 Å². The van der Waals surface area contributed by atoms with Crippen LogP contribution >= 0.6 is 11.6 Å². The number of benzene rings is 2. The fraction of sp³-hybridized carbons (Fsp3) is 0.190. The van der Waals surface area contributed by atoms with Gasteiger partial charge in [0.05, 0.1) is 19.2 Å². The Kier molecular flexibility index (Phi) is 6.04. The molecule has 0 spiro atoms. The van der Waals surface area contributed by atoms with Crippen molar-refractivity contribution in [3.8, 4) is 17.2 Å². The number of pyridine rings is 1. The molecule has 3 rings (SSSR count). The van der Waals surface area contributed by atoms with Crippen molar-refractivity contribution in [2.24, 2.45) is 0 Å². The Hall–Kier alpha value is -2.92. The minimum Gasteiger partial charge on any atom is -0.503 e. The molecule has 0 aliphatic carbocycles. The van der Waals surface area contributed by atoms with Crippen LogP contribution in [0.4, 0.5) is 5.82 Å². The van der Waals surface area contributed by atoms with Crippen LogP contribution in [0.3, 0.4) is 0 Å². The molecule has 0 radical (unpaired) electrons. The van der Waals surface area contributed by atoms with Crippen LogP contribution < -0.4 is 14.4 Å². The maximum atomic E-state index is 10.4. The van der Waals surface area contributed by atoms with Crippen LogP contribution in [0.1, 0.15) is 11.1 Å². The van der Waals surface area contributed by atoms with Crippen LogP contribution in [0.5, 0.6) is 17.2 Å². The monoisotopic (exact) mass is 384 g/mol. The first-order valence-electron chi connectivity index (χ1n) is 8.45. The molecule has 0 atom stereocenters. The molecule has 5 nitrogen and oxygen atoms in total. The van der Waals surface area contributed by atoms with Gasteiger partial charge in [0.15, 0.2) is 11.6 Å². The Bertz CT molecular complexity index is 833. The number of ether oxygens (including phenoxy) is 2. The second-order valence-corrected chi connectivity index (χ2v) is 6.42. The van der Waals surface area contributed by atoms with Gasteiger partial charge in [0, 0.05) is 19.3 Å². The number of nitrogens with zero attached hydrogens (tertiary/aromatic N) is 2. The average Bonchev–Trinajstić information content (AvgIpc) is 2.71. The normalized spacial score (nSPS) is 10.5. The molecule has 6 heteroatoms. The first-order chi connectivity index (χ1) is 13.1. The highest BCUT2D eigenvalue weighted by Crippen LogP contribution is 2.33. The lowest BCUT2D eigenvalue weighted by atomic mass is 10.1. The van der Waals surface area contributed by atoms with Crippen LogP contribution in [-0.2, 0) is 13.1 Å². The van der Waals surface area contributed by atoms with E-state index < -0.39 is 0 Å². The summed E-state index contributed by atoms with van der Waals surface area (Å²) < 4.78 is 10.4. The van der Waals surface area contributed by atoms with Crippen molar-refractivity contribution in [3.05, 3.63) is 76.9 Å². The summed E-state index contributed by atoms with van der Waals surface area (Å²) in [7, 11) is 3.28. The predicted octanol–water partition coefficient (Wildman–Crippen LogP) is 4.66. The Balaban J connectivity index is 1.90. The number of aromatic hydroxyl groups is 1. The molecule has 27 heavy (non-hydrogen) atoms. The lowest BCUT2D eigenvalue weighted by Gasteiger charge is -2.25. The van der Waals surface area contributed by atoms with E-state index >= 15 is 0 Å². The summed E-state index contributed by atoms with van der Waals surface area (Å²) in [4.78, 5) is 6.32. The maximum absolute atomic E-state index is 10.4. The zero-order chi connectivity index (χ0) is 19.2. The van der Waals surface area contributed by atoms with Gasteiger partial charge in [0.1, 0.15) is 11.5 Å². The molecular formula is C21H21ClN2O3. The van der Waals surface area contributed by atoms with Gasteiger partial charge in [-0.15, -0.1) is 0 Å². The molecule has 1 N–H and O–H groups in total. The van der Waals surface area contributed by atoms with Crippen LogP contribution in [0, 0.1) is 0 Å². The van der Waals surface area contributed by atoms with Gasteiger partial charge in [-0.25, -0.2) is 4.98 Å². The van der Waals surface area contributed by atoms with E-state index in [1.165, 1.54) is 0 Å². The average molecular weight is 385 g/mol. The van der Waals surface area contributed by atoms with Crippen molar-refractivity contribution in [3.63, 3.8) is 0 Å². The van der Waals surface area contributed by atoms with Gasteiger partial charge < -0.3 is 19.5 Å². The summed E-state index contributed by atoms with van der Waals surface area (Å²) in [5.74, 6) is 2.00. The third-order valence-electron chi connectivity index (χ3n) is 4.22. The molecule has 0 saturated carbocycles. The zero-order valence-electron chi connectivity index (χ0n) is 15.2. The minimum absolute atomic E-state index is 0.0267. The molecule has 0 aliphatic rings. The van der Waals surface area contributed by atoms with E-state index in [4.69, 9.17) is 21.1 Å². The molecule has 140 valence electrons. The maximum Gasteiger partial charge on any atom is 0.177 e. The first kappa shape index (κ1) is 18.9. The summed E-state index contributed by atoms with van der Waals surface area (Å²) >= 11 is 6.09. The summed E-state index contributed by atoms with van der Waals surface area (Å²) in [6.45, 7) is 1.11. The number of halogens is 1. The lowest BCUT2D eigenvalue weighted by molar-refractivity contribution is 0.414. The fourth-order valence-electron chi connectivity index (χ4n) is 2.76. The Morgan fingerprint density at radius 2 is 1.33 bits per heavy atom. The van der Waals surface area contributed by atoms with Crippen LogP contribution in [0.15, 0.2) is 60.8 Å². The highest BCUT2D eigenvalue weighted by Gasteiger charge is 2.16. The molecule has 0 fully saturated rings. The summed E-state index contributed by atoms with van der Waals surface area (Å²) in [5, 5.41) is 10.7. The standard InChI is InChI=1S/C21H21ClN2O3/c1-26-17-7-3-15(4-8-17)13-24(21-20(25)19(22)11-12-23-21)14-16-5-9-18(27-2)10-6-16/h3-12,25H,13-14H2,1-2H3. The molecule has 0 bridgehead atoms. The molecule has 2 aromatic carbocycles. The highest BCUT2D eigenvalue weighted by atomic mass is 35.5. The second-order valence-electron chi connectivity index (χ2n) is 6.02. The van der Waals surface area contributed by atoms with Gasteiger partial charge in [-0.3, -0.25) is 0 Å². The van der Waals surface area contributed by atoms with Gasteiger partial charge in [-0.05, 0) is 41.5 Å². The Morgan fingerprint density at radius 1 is 0.852 bits per heavy atom. The zero-order valence-corrected chi connectivity index (χ0v) is 16.0.